The van der Waals surface area contributed by atoms with E-state index < -0.39 is 5.60 Å². The Labute approximate surface area is 71.3 Å². The van der Waals surface area contributed by atoms with E-state index in [0.717, 1.165) is 12.8 Å². The van der Waals surface area contributed by atoms with Crippen LogP contribution in [0.15, 0.2) is 0 Å². The molecule has 0 unspecified atom stereocenters. The van der Waals surface area contributed by atoms with Gasteiger partial charge in [-0.3, -0.25) is 4.79 Å². The zero-order valence-electron chi connectivity index (χ0n) is 6.99. The first-order chi connectivity index (χ1) is 5.65. The van der Waals surface area contributed by atoms with Gasteiger partial charge in [0.1, 0.15) is 5.60 Å². The van der Waals surface area contributed by atoms with Gasteiger partial charge in [-0.25, -0.2) is 0 Å². The highest BCUT2D eigenvalue weighted by atomic mass is 16.3. The minimum Gasteiger partial charge on any atom is -0.386 e. The summed E-state index contributed by atoms with van der Waals surface area (Å²) in [5, 5.41) is 9.83. The first kappa shape index (κ1) is 8.01. The predicted molar refractivity (Wildman–Crippen MR) is 43.3 cm³/mol. The number of amides is 1. The Kier molecular flexibility index (Phi) is 1.63. The zero-order chi connectivity index (χ0) is 8.77. The van der Waals surface area contributed by atoms with Gasteiger partial charge in [0.15, 0.2) is 0 Å². The van der Waals surface area contributed by atoms with E-state index in [1.807, 2.05) is 0 Å². The number of nitrogens with two attached hydrogens (primary N) is 1. The van der Waals surface area contributed by atoms with Crippen LogP contribution in [0.2, 0.25) is 0 Å². The van der Waals surface area contributed by atoms with E-state index in [-0.39, 0.29) is 12.5 Å². The van der Waals surface area contributed by atoms with Crippen LogP contribution in [0.3, 0.4) is 0 Å². The highest BCUT2D eigenvalue weighted by Crippen LogP contribution is 2.44. The summed E-state index contributed by atoms with van der Waals surface area (Å²) in [6.45, 7) is 1.04. The van der Waals surface area contributed by atoms with Crippen molar-refractivity contribution in [1.29, 1.82) is 0 Å². The van der Waals surface area contributed by atoms with Gasteiger partial charge < -0.3 is 15.7 Å². The smallest absolute Gasteiger partial charge is 0.236 e. The lowest BCUT2D eigenvalue weighted by Gasteiger charge is -2.46. The molecule has 0 radical (unpaired) electrons. The molecule has 1 saturated carbocycles. The molecule has 0 spiro atoms. The fourth-order valence-corrected chi connectivity index (χ4v) is 1.80. The first-order valence-electron chi connectivity index (χ1n) is 4.36. The number of likely N-dealkylation sites (tertiary alicyclic amines) is 1. The van der Waals surface area contributed by atoms with Crippen LogP contribution in [-0.2, 0) is 4.79 Å². The molecular formula is C8H14N2O2. The molecule has 1 amide bonds. The minimum atomic E-state index is -0.565. The Morgan fingerprint density at radius 1 is 1.58 bits per heavy atom. The van der Waals surface area contributed by atoms with Gasteiger partial charge in [-0.1, -0.05) is 0 Å². The number of β-amino-alcohol motifs (C(OH)–C–C–N with tert-alkyl or cyclic N) is 1. The molecule has 0 aromatic rings. The molecule has 1 saturated heterocycles. The van der Waals surface area contributed by atoms with Crippen LogP contribution in [0.25, 0.3) is 0 Å². The molecule has 2 fully saturated rings. The second kappa shape index (κ2) is 2.44. The third kappa shape index (κ3) is 1.11. The largest absolute Gasteiger partial charge is 0.386 e. The van der Waals surface area contributed by atoms with E-state index in [9.17, 15) is 9.90 Å². The Hall–Kier alpha value is -0.610. The number of rotatable bonds is 2. The SMILES string of the molecule is NCC(=O)N1CC(O)(C2CC2)C1. The van der Waals surface area contributed by atoms with Crippen molar-refractivity contribution in [3.63, 3.8) is 0 Å². The lowest BCUT2D eigenvalue weighted by molar-refractivity contribution is -0.157. The fourth-order valence-electron chi connectivity index (χ4n) is 1.80. The van der Waals surface area contributed by atoms with Crippen molar-refractivity contribution in [3.8, 4) is 0 Å². The number of carbonyl (C=O) groups is 1. The van der Waals surface area contributed by atoms with Crippen LogP contribution in [0.4, 0.5) is 0 Å². The minimum absolute atomic E-state index is 0.0553. The zero-order valence-corrected chi connectivity index (χ0v) is 6.99. The topological polar surface area (TPSA) is 66.6 Å². The maximum Gasteiger partial charge on any atom is 0.236 e. The molecule has 0 aromatic carbocycles. The molecule has 2 aliphatic rings. The fraction of sp³-hybridized carbons (Fsp3) is 0.875. The summed E-state index contributed by atoms with van der Waals surface area (Å²) in [5.41, 5.74) is 4.63. The van der Waals surface area contributed by atoms with Crippen molar-refractivity contribution in [2.75, 3.05) is 19.6 Å². The highest BCUT2D eigenvalue weighted by Gasteiger charge is 2.52. The summed E-state index contributed by atoms with van der Waals surface area (Å²) in [4.78, 5) is 12.6. The van der Waals surface area contributed by atoms with E-state index in [0.29, 0.717) is 19.0 Å². The second-order valence-corrected chi connectivity index (χ2v) is 3.83. The van der Waals surface area contributed by atoms with Gasteiger partial charge in [0.05, 0.1) is 19.6 Å². The summed E-state index contributed by atoms with van der Waals surface area (Å²) in [7, 11) is 0. The Balaban J connectivity index is 1.85. The lowest BCUT2D eigenvalue weighted by atomic mass is 9.89. The molecule has 2 rings (SSSR count). The molecule has 4 heteroatoms. The summed E-state index contributed by atoms with van der Waals surface area (Å²) >= 11 is 0. The van der Waals surface area contributed by atoms with Gasteiger partial charge in [0.25, 0.3) is 0 Å². The van der Waals surface area contributed by atoms with E-state index in [1.165, 1.54) is 0 Å². The molecule has 4 nitrogen and oxygen atoms in total. The normalized spacial score (nSPS) is 26.7. The van der Waals surface area contributed by atoms with Crippen molar-refractivity contribution in [3.05, 3.63) is 0 Å². The first-order valence-corrected chi connectivity index (χ1v) is 4.36. The average molecular weight is 170 g/mol. The van der Waals surface area contributed by atoms with Crippen LogP contribution in [0.5, 0.6) is 0 Å². The number of nitrogens with zero attached hydrogens (tertiary/aromatic N) is 1. The van der Waals surface area contributed by atoms with Gasteiger partial charge >= 0.3 is 0 Å². The number of carbonyl (C=O) groups excluding carboxylic acids is 1. The third-order valence-electron chi connectivity index (χ3n) is 2.79. The Morgan fingerprint density at radius 2 is 2.17 bits per heavy atom. The summed E-state index contributed by atoms with van der Waals surface area (Å²) in [6, 6.07) is 0. The monoisotopic (exact) mass is 170 g/mol. The molecule has 0 aromatic heterocycles. The quantitative estimate of drug-likeness (QED) is 0.554. The van der Waals surface area contributed by atoms with E-state index in [2.05, 4.69) is 0 Å². The summed E-state index contributed by atoms with van der Waals surface area (Å²) < 4.78 is 0. The lowest BCUT2D eigenvalue weighted by Crippen LogP contribution is -2.65. The average Bonchev–Trinajstić information content (AvgIpc) is 2.79. The van der Waals surface area contributed by atoms with Crippen LogP contribution in [0, 0.1) is 5.92 Å². The molecule has 1 aliphatic carbocycles. The maximum atomic E-state index is 11.0. The number of hydrogen-bond donors (Lipinski definition) is 2. The van der Waals surface area contributed by atoms with E-state index in [4.69, 9.17) is 5.73 Å². The Bertz CT molecular complexity index is 207. The number of aliphatic hydroxyl groups is 1. The van der Waals surface area contributed by atoms with E-state index >= 15 is 0 Å². The van der Waals surface area contributed by atoms with Crippen LogP contribution < -0.4 is 5.73 Å². The van der Waals surface area contributed by atoms with Gasteiger partial charge in [-0.15, -0.1) is 0 Å². The molecule has 3 N–H and O–H groups in total. The van der Waals surface area contributed by atoms with Gasteiger partial charge in [-0.2, -0.15) is 0 Å². The Morgan fingerprint density at radius 3 is 2.58 bits per heavy atom. The molecule has 0 bridgehead atoms. The van der Waals surface area contributed by atoms with Crippen LogP contribution in [-0.4, -0.2) is 41.1 Å². The van der Waals surface area contributed by atoms with Crippen molar-refractivity contribution in [2.24, 2.45) is 11.7 Å². The van der Waals surface area contributed by atoms with E-state index in [1.54, 1.807) is 4.90 Å². The molecule has 12 heavy (non-hydrogen) atoms. The van der Waals surface area contributed by atoms with Gasteiger partial charge in [-0.05, 0) is 18.8 Å². The maximum absolute atomic E-state index is 11.0. The summed E-state index contributed by atoms with van der Waals surface area (Å²) in [6.07, 6.45) is 2.22. The molecule has 1 heterocycles. The second-order valence-electron chi connectivity index (χ2n) is 3.83. The van der Waals surface area contributed by atoms with Crippen molar-refractivity contribution in [2.45, 2.75) is 18.4 Å². The van der Waals surface area contributed by atoms with Crippen molar-refractivity contribution < 1.29 is 9.90 Å². The van der Waals surface area contributed by atoms with Crippen LogP contribution in [0.1, 0.15) is 12.8 Å². The van der Waals surface area contributed by atoms with Gasteiger partial charge in [0.2, 0.25) is 5.91 Å². The predicted octanol–water partition coefficient (Wildman–Crippen LogP) is -1.07. The molecular weight excluding hydrogens is 156 g/mol. The third-order valence-corrected chi connectivity index (χ3v) is 2.79. The van der Waals surface area contributed by atoms with Crippen molar-refractivity contribution in [1.82, 2.24) is 4.90 Å². The molecule has 68 valence electrons. The standard InChI is InChI=1S/C8H14N2O2/c9-3-7(11)10-4-8(12,5-10)6-1-2-6/h6,12H,1-5,9H2. The van der Waals surface area contributed by atoms with Crippen LogP contribution >= 0.6 is 0 Å². The highest BCUT2D eigenvalue weighted by molar-refractivity contribution is 5.79. The molecule has 1 aliphatic heterocycles. The van der Waals surface area contributed by atoms with Gasteiger partial charge in [0, 0.05) is 0 Å². The number of hydrogen-bond acceptors (Lipinski definition) is 3. The molecule has 0 atom stereocenters. The summed E-state index contributed by atoms with van der Waals surface area (Å²) in [5.74, 6) is 0.389. The van der Waals surface area contributed by atoms with Crippen molar-refractivity contribution >= 4 is 5.91 Å².